The lowest BCUT2D eigenvalue weighted by atomic mass is 9.70. The van der Waals surface area contributed by atoms with E-state index in [0.717, 1.165) is 55.5 Å². The van der Waals surface area contributed by atoms with Crippen molar-refractivity contribution in [2.45, 2.75) is 76.5 Å². The molecule has 2 aliphatic carbocycles. The molecule has 0 aromatic carbocycles. The Hall–Kier alpha value is -2.42. The van der Waals surface area contributed by atoms with E-state index in [1.54, 1.807) is 6.07 Å². The van der Waals surface area contributed by atoms with Gasteiger partial charge in [-0.3, -0.25) is 9.59 Å². The van der Waals surface area contributed by atoms with Crippen LogP contribution in [0.25, 0.3) is 5.52 Å². The second-order valence-corrected chi connectivity index (χ2v) is 10.8. The molecule has 5 rings (SSSR count). The van der Waals surface area contributed by atoms with Gasteiger partial charge in [-0.15, -0.1) is 0 Å². The van der Waals surface area contributed by atoms with E-state index >= 15 is 0 Å². The zero-order chi connectivity index (χ0) is 24.9. The quantitative estimate of drug-likeness (QED) is 0.667. The van der Waals surface area contributed by atoms with Crippen LogP contribution < -0.4 is 0 Å². The van der Waals surface area contributed by atoms with E-state index in [2.05, 4.69) is 12.0 Å². The number of carbonyl (C=O) groups is 2. The van der Waals surface area contributed by atoms with Gasteiger partial charge in [0.1, 0.15) is 5.69 Å². The second kappa shape index (κ2) is 9.22. The first-order valence-corrected chi connectivity index (χ1v) is 12.7. The van der Waals surface area contributed by atoms with E-state index < -0.39 is 17.8 Å². The molecule has 3 heterocycles. The number of aliphatic hydroxyl groups is 1. The predicted octanol–water partition coefficient (Wildman–Crippen LogP) is 4.84. The van der Waals surface area contributed by atoms with Crippen LogP contribution in [0.5, 0.6) is 0 Å². The lowest BCUT2D eigenvalue weighted by molar-refractivity contribution is -0.142. The van der Waals surface area contributed by atoms with Crippen molar-refractivity contribution >= 4 is 17.2 Å². The lowest BCUT2D eigenvalue weighted by Gasteiger charge is -2.38. The number of alkyl halides is 3. The molecule has 2 aromatic heterocycles. The summed E-state index contributed by atoms with van der Waals surface area (Å²) in [6.45, 7) is 2.42. The molecular formula is C26H32F3N3O3. The predicted molar refractivity (Wildman–Crippen MR) is 123 cm³/mol. The number of fused-ring (bicyclic) bond motifs is 1. The molecular weight excluding hydrogens is 459 g/mol. The number of likely N-dealkylation sites (tertiary alicyclic amines) is 1. The largest absolute Gasteiger partial charge is 0.433 e. The normalized spacial score (nSPS) is 28.7. The molecule has 1 aliphatic heterocycles. The van der Waals surface area contributed by atoms with Gasteiger partial charge in [0, 0.05) is 13.0 Å². The number of amides is 1. The van der Waals surface area contributed by atoms with Crippen LogP contribution in [0, 0.1) is 17.8 Å². The van der Waals surface area contributed by atoms with E-state index in [4.69, 9.17) is 0 Å². The third-order valence-electron chi connectivity index (χ3n) is 8.19. The van der Waals surface area contributed by atoms with Gasteiger partial charge in [0.2, 0.25) is 0 Å². The Morgan fingerprint density at radius 1 is 1.06 bits per heavy atom. The summed E-state index contributed by atoms with van der Waals surface area (Å²) < 4.78 is 42.0. The standard InChI is InChI=1S/C26H32F3N3O3/c1-15-8-9-31(14-21(34)13-22(15)17-4-6-20(33)7-5-17)25(35)23-12-19-10-18(16-2-3-16)11-24(26(27,28)29)32(19)30-23/h10-12,15-17,20,22,33H,2-9,13-14H2,1H3. The maximum atomic E-state index is 13.7. The molecule has 2 unspecified atom stereocenters. The number of hydrogen-bond acceptors (Lipinski definition) is 4. The first-order chi connectivity index (χ1) is 16.6. The summed E-state index contributed by atoms with van der Waals surface area (Å²) in [5, 5.41) is 13.9. The van der Waals surface area contributed by atoms with Gasteiger partial charge in [-0.2, -0.15) is 18.3 Å². The van der Waals surface area contributed by atoms with Crippen LogP contribution in [0.4, 0.5) is 13.2 Å². The number of Topliss-reactive ketones (excluding diaryl/α,β-unsaturated/α-hetero) is 1. The van der Waals surface area contributed by atoms with E-state index in [0.29, 0.717) is 24.4 Å². The monoisotopic (exact) mass is 491 g/mol. The summed E-state index contributed by atoms with van der Waals surface area (Å²) in [4.78, 5) is 27.6. The van der Waals surface area contributed by atoms with Crippen LogP contribution in [0.3, 0.4) is 0 Å². The molecule has 35 heavy (non-hydrogen) atoms. The van der Waals surface area contributed by atoms with Crippen LogP contribution in [0.15, 0.2) is 18.2 Å². The topological polar surface area (TPSA) is 74.9 Å². The average Bonchev–Trinajstić information content (AvgIpc) is 3.56. The molecule has 0 radical (unpaired) electrons. The minimum absolute atomic E-state index is 0.0308. The molecule has 0 bridgehead atoms. The molecule has 0 spiro atoms. The van der Waals surface area contributed by atoms with Gasteiger partial charge in [0.15, 0.2) is 11.5 Å². The number of ketones is 1. The number of carbonyl (C=O) groups excluding carboxylic acids is 2. The number of aromatic nitrogens is 2. The molecule has 2 atom stereocenters. The number of pyridine rings is 1. The van der Waals surface area contributed by atoms with Gasteiger partial charge in [0.25, 0.3) is 5.91 Å². The third kappa shape index (κ3) is 5.10. The van der Waals surface area contributed by atoms with Crippen LogP contribution in [-0.2, 0) is 11.0 Å². The Labute approximate surface area is 202 Å². The Balaban J connectivity index is 1.36. The number of hydrogen-bond donors (Lipinski definition) is 1. The smallest absolute Gasteiger partial charge is 0.393 e. The Kier molecular flexibility index (Phi) is 6.40. The maximum Gasteiger partial charge on any atom is 0.433 e. The Morgan fingerprint density at radius 3 is 2.43 bits per heavy atom. The van der Waals surface area contributed by atoms with Gasteiger partial charge in [-0.25, -0.2) is 4.52 Å². The molecule has 3 aliphatic rings. The second-order valence-electron chi connectivity index (χ2n) is 10.8. The molecule has 1 N–H and O–H groups in total. The fraction of sp³-hybridized carbons (Fsp3) is 0.654. The van der Waals surface area contributed by atoms with Crippen LogP contribution in [0.1, 0.15) is 86.0 Å². The van der Waals surface area contributed by atoms with Crippen molar-refractivity contribution < 1.29 is 27.9 Å². The van der Waals surface area contributed by atoms with E-state index in [9.17, 15) is 27.9 Å². The SMILES string of the molecule is CC1CCN(C(=O)c2cc3cc(C4CC4)cc(C(F)(F)F)n3n2)CC(=O)CC1C1CCC(O)CC1. The highest BCUT2D eigenvalue weighted by molar-refractivity contribution is 5.96. The van der Waals surface area contributed by atoms with Crippen LogP contribution in [-0.4, -0.2) is 50.5 Å². The van der Waals surface area contributed by atoms with Crippen molar-refractivity contribution in [3.63, 3.8) is 0 Å². The zero-order valence-electron chi connectivity index (χ0n) is 19.9. The Bertz CT molecular complexity index is 1120. The van der Waals surface area contributed by atoms with Crippen molar-refractivity contribution in [1.29, 1.82) is 0 Å². The van der Waals surface area contributed by atoms with Crippen molar-refractivity contribution in [3.05, 3.63) is 35.2 Å². The molecule has 2 saturated carbocycles. The zero-order valence-corrected chi connectivity index (χ0v) is 19.9. The maximum absolute atomic E-state index is 13.7. The van der Waals surface area contributed by atoms with E-state index in [-0.39, 0.29) is 47.4 Å². The van der Waals surface area contributed by atoms with Crippen molar-refractivity contribution in [1.82, 2.24) is 14.5 Å². The Morgan fingerprint density at radius 2 is 1.77 bits per heavy atom. The molecule has 190 valence electrons. The molecule has 9 heteroatoms. The lowest BCUT2D eigenvalue weighted by Crippen LogP contribution is -2.42. The molecule has 3 fully saturated rings. The average molecular weight is 492 g/mol. The fourth-order valence-corrected chi connectivity index (χ4v) is 5.97. The molecule has 2 aromatic rings. The molecule has 1 saturated heterocycles. The summed E-state index contributed by atoms with van der Waals surface area (Å²) in [6.07, 6.45) is 1.36. The van der Waals surface area contributed by atoms with E-state index in [1.807, 2.05) is 0 Å². The van der Waals surface area contributed by atoms with Gasteiger partial charge < -0.3 is 10.0 Å². The highest BCUT2D eigenvalue weighted by atomic mass is 19.4. The van der Waals surface area contributed by atoms with Crippen molar-refractivity contribution in [2.24, 2.45) is 17.8 Å². The first kappa shape index (κ1) is 24.3. The summed E-state index contributed by atoms with van der Waals surface area (Å²) in [6, 6.07) is 4.23. The fourth-order valence-electron chi connectivity index (χ4n) is 5.97. The highest BCUT2D eigenvalue weighted by Gasteiger charge is 2.38. The number of rotatable bonds is 3. The number of nitrogens with zero attached hydrogens (tertiary/aromatic N) is 3. The molecule has 6 nitrogen and oxygen atoms in total. The summed E-state index contributed by atoms with van der Waals surface area (Å²) in [5.74, 6) is 0.460. The molecule has 1 amide bonds. The third-order valence-corrected chi connectivity index (χ3v) is 8.19. The summed E-state index contributed by atoms with van der Waals surface area (Å²) in [7, 11) is 0. The summed E-state index contributed by atoms with van der Waals surface area (Å²) >= 11 is 0. The number of halogens is 3. The number of aliphatic hydroxyl groups excluding tert-OH is 1. The minimum atomic E-state index is -4.59. The van der Waals surface area contributed by atoms with Gasteiger partial charge >= 0.3 is 6.18 Å². The van der Waals surface area contributed by atoms with Gasteiger partial charge in [0.05, 0.1) is 18.2 Å². The highest BCUT2D eigenvalue weighted by Crippen LogP contribution is 2.43. The van der Waals surface area contributed by atoms with Crippen LogP contribution >= 0.6 is 0 Å². The van der Waals surface area contributed by atoms with Gasteiger partial charge in [-0.05, 0) is 92.4 Å². The van der Waals surface area contributed by atoms with Crippen molar-refractivity contribution in [3.8, 4) is 0 Å². The minimum Gasteiger partial charge on any atom is -0.393 e. The first-order valence-electron chi connectivity index (χ1n) is 12.7. The van der Waals surface area contributed by atoms with E-state index in [1.165, 1.54) is 11.0 Å². The summed E-state index contributed by atoms with van der Waals surface area (Å²) in [5.41, 5.74) is -0.0762. The van der Waals surface area contributed by atoms with Crippen LogP contribution in [0.2, 0.25) is 0 Å². The van der Waals surface area contributed by atoms with Crippen molar-refractivity contribution in [2.75, 3.05) is 13.1 Å². The van der Waals surface area contributed by atoms with Gasteiger partial charge in [-0.1, -0.05) is 6.92 Å².